The van der Waals surface area contributed by atoms with Crippen molar-refractivity contribution in [1.82, 2.24) is 0 Å². The first-order valence-corrected chi connectivity index (χ1v) is 19.6. The van der Waals surface area contributed by atoms with Gasteiger partial charge in [-0.05, 0) is 81.1 Å². The van der Waals surface area contributed by atoms with Gasteiger partial charge in [-0.15, -0.1) is 0 Å². The van der Waals surface area contributed by atoms with E-state index < -0.39 is 132 Å². The van der Waals surface area contributed by atoms with Crippen molar-refractivity contribution in [3.05, 3.63) is 0 Å². The molecule has 2 aliphatic rings. The van der Waals surface area contributed by atoms with Crippen LogP contribution in [0.5, 0.6) is 0 Å². The van der Waals surface area contributed by atoms with E-state index in [0.29, 0.717) is 0 Å². The average Bonchev–Trinajstić information content (AvgIpc) is 3.12. The van der Waals surface area contributed by atoms with Crippen LogP contribution in [-0.4, -0.2) is 120 Å². The second-order valence-corrected chi connectivity index (χ2v) is 17.1. The van der Waals surface area contributed by atoms with Gasteiger partial charge < -0.3 is 47.4 Å². The Bertz CT molecular complexity index is 1470. The summed E-state index contributed by atoms with van der Waals surface area (Å²) in [6.45, 7) is 14.7. The lowest BCUT2D eigenvalue weighted by Crippen LogP contribution is -2.51. The highest BCUT2D eigenvalue weighted by atomic mass is 16.7. The maximum Gasteiger partial charge on any atom is 0.418 e. The van der Waals surface area contributed by atoms with E-state index in [2.05, 4.69) is 0 Å². The molecule has 2 heterocycles. The first kappa shape index (κ1) is 50.8. The third-order valence-electron chi connectivity index (χ3n) is 10.1. The molecule has 0 aromatic carbocycles. The van der Waals surface area contributed by atoms with Crippen molar-refractivity contribution in [3.8, 4) is 0 Å². The molecule has 0 radical (unpaired) electrons. The number of carbonyl (C=O) groups is 10. The fourth-order valence-corrected chi connectivity index (χ4v) is 7.57. The molecule has 2 aliphatic heterocycles. The molecule has 0 aromatic rings. The molecule has 2 fully saturated rings. The normalized spacial score (nSPS) is 21.7. The molecule has 0 bridgehead atoms. The number of hydrogen-bond donors (Lipinski definition) is 0. The number of rotatable bonds is 8. The van der Waals surface area contributed by atoms with Gasteiger partial charge in [0.05, 0.1) is 11.8 Å². The third kappa shape index (κ3) is 13.9. The van der Waals surface area contributed by atoms with E-state index in [4.69, 9.17) is 47.4 Å². The molecule has 0 atom stereocenters. The summed E-state index contributed by atoms with van der Waals surface area (Å²) >= 11 is 0. The van der Waals surface area contributed by atoms with Gasteiger partial charge in [0.15, 0.2) is 0 Å². The van der Waals surface area contributed by atoms with Gasteiger partial charge >= 0.3 is 59.7 Å². The van der Waals surface area contributed by atoms with Crippen molar-refractivity contribution >= 4 is 59.7 Å². The van der Waals surface area contributed by atoms with Gasteiger partial charge in [-0.2, -0.15) is 0 Å². The number of ether oxygens (including phenoxy) is 10. The van der Waals surface area contributed by atoms with Crippen LogP contribution in [0.15, 0.2) is 0 Å². The lowest BCUT2D eigenvalue weighted by Gasteiger charge is -2.40. The summed E-state index contributed by atoms with van der Waals surface area (Å²) in [5.41, 5.74) is -9.11. The predicted octanol–water partition coefficient (Wildman–Crippen LogP) is 2.69. The molecular formula is C40H58O20. The van der Waals surface area contributed by atoms with E-state index in [1.54, 1.807) is 0 Å². The molecule has 0 N–H and O–H groups in total. The fourth-order valence-electron chi connectivity index (χ4n) is 7.57. The maximum absolute atomic E-state index is 13.7. The molecule has 20 nitrogen and oxygen atoms in total. The Labute approximate surface area is 348 Å². The van der Waals surface area contributed by atoms with Crippen molar-refractivity contribution in [2.75, 3.05) is 26.4 Å². The molecule has 20 heteroatoms. The highest BCUT2D eigenvalue weighted by Crippen LogP contribution is 2.35. The Hall–Kier alpha value is -5.30. The zero-order chi connectivity index (χ0) is 46.1. The van der Waals surface area contributed by atoms with Crippen molar-refractivity contribution < 1.29 is 95.3 Å². The second-order valence-electron chi connectivity index (χ2n) is 17.1. The molecule has 2 rings (SSSR count). The minimum Gasteiger partial charge on any atom is -0.457 e. The van der Waals surface area contributed by atoms with Crippen molar-refractivity contribution in [2.24, 2.45) is 11.8 Å². The van der Waals surface area contributed by atoms with Crippen LogP contribution in [0.4, 0.5) is 0 Å². The van der Waals surface area contributed by atoms with Gasteiger partial charge in [0.1, 0.15) is 60.0 Å². The lowest BCUT2D eigenvalue weighted by molar-refractivity contribution is -0.205. The van der Waals surface area contributed by atoms with Crippen molar-refractivity contribution in [3.63, 3.8) is 0 Å². The third-order valence-corrected chi connectivity index (χ3v) is 10.1. The lowest BCUT2D eigenvalue weighted by atomic mass is 9.83. The minimum absolute atomic E-state index is 0.113. The van der Waals surface area contributed by atoms with Crippen LogP contribution >= 0.6 is 0 Å². The summed E-state index contributed by atoms with van der Waals surface area (Å²) in [6.07, 6.45) is -0.709. The van der Waals surface area contributed by atoms with Gasteiger partial charge in [-0.1, -0.05) is 27.7 Å². The minimum atomic E-state index is -1.79. The molecule has 0 aromatic heterocycles. The Morgan fingerprint density at radius 1 is 0.433 bits per heavy atom. The predicted molar refractivity (Wildman–Crippen MR) is 200 cm³/mol. The highest BCUT2D eigenvalue weighted by Gasteiger charge is 2.48. The zero-order valence-corrected chi connectivity index (χ0v) is 36.4. The van der Waals surface area contributed by atoms with E-state index >= 15 is 0 Å². The van der Waals surface area contributed by atoms with Crippen LogP contribution in [-0.2, 0) is 95.3 Å². The van der Waals surface area contributed by atoms with Crippen LogP contribution in [0.25, 0.3) is 0 Å². The summed E-state index contributed by atoms with van der Waals surface area (Å²) in [6, 6.07) is 0. The number of hydrogen-bond acceptors (Lipinski definition) is 20. The Kier molecular flexibility index (Phi) is 16.8. The van der Waals surface area contributed by atoms with Crippen LogP contribution in [0.1, 0.15) is 122 Å². The van der Waals surface area contributed by atoms with Crippen LogP contribution < -0.4 is 0 Å². The molecule has 0 amide bonds. The molecule has 338 valence electrons. The summed E-state index contributed by atoms with van der Waals surface area (Å²) < 4.78 is 53.5. The van der Waals surface area contributed by atoms with E-state index in [-0.39, 0.29) is 38.5 Å². The second kappa shape index (κ2) is 19.8. The van der Waals surface area contributed by atoms with Gasteiger partial charge in [-0.25, -0.2) is 47.9 Å². The molecular weight excluding hydrogens is 800 g/mol. The quantitative estimate of drug-likeness (QED) is 0.193. The van der Waals surface area contributed by atoms with Gasteiger partial charge in [0.2, 0.25) is 0 Å². The number of carbonyl (C=O) groups excluding carboxylic acids is 10. The van der Waals surface area contributed by atoms with E-state index in [1.807, 2.05) is 0 Å². The van der Waals surface area contributed by atoms with Crippen molar-refractivity contribution in [1.29, 1.82) is 0 Å². The molecule has 60 heavy (non-hydrogen) atoms. The molecule has 0 unspecified atom stereocenters. The van der Waals surface area contributed by atoms with E-state index in [9.17, 15) is 47.9 Å². The van der Waals surface area contributed by atoms with Gasteiger partial charge in [0, 0.05) is 12.8 Å². The SMILES string of the molecule is CCC(CC)(OC(=O)C(=O)OC(CC)(CC)C1COC(=O)C(=O)OC(C)(C)CC(C)(C)OC(=O)C(=O)OC1)C1COC(=O)C(=O)OC(C)(C)CC(C)(C)OC(=O)C(=O)OC1. The van der Waals surface area contributed by atoms with Crippen LogP contribution in [0.2, 0.25) is 0 Å². The average molecular weight is 859 g/mol. The molecule has 0 spiro atoms. The monoisotopic (exact) mass is 858 g/mol. The van der Waals surface area contributed by atoms with Crippen LogP contribution in [0, 0.1) is 11.8 Å². The van der Waals surface area contributed by atoms with E-state index in [1.165, 1.54) is 83.1 Å². The topological polar surface area (TPSA) is 263 Å². The summed E-state index contributed by atoms with van der Waals surface area (Å²) in [4.78, 5) is 130. The first-order chi connectivity index (χ1) is 27.5. The molecule has 0 aliphatic carbocycles. The summed E-state index contributed by atoms with van der Waals surface area (Å²) in [7, 11) is 0. The number of esters is 10. The standard InChI is InChI=1S/C40H58O20/c1-13-39(14-2,23-17-51-25(41)29(45)55-35(5,6)21-36(7,8)56-30(46)26(42)52-18-23)59-33(49)34(50)60-40(15-3,16-4)24-19-53-27(43)31(47)57-37(9,10)22-38(11,12)58-32(48)28(44)54-20-24/h23-24H,13-22H2,1-12H3. The fraction of sp³-hybridized carbons (Fsp3) is 0.750. The Morgan fingerprint density at radius 3 is 0.817 bits per heavy atom. The van der Waals surface area contributed by atoms with Gasteiger partial charge in [-0.3, -0.25) is 0 Å². The number of cyclic esters (lactones) is 8. The smallest absolute Gasteiger partial charge is 0.418 e. The Morgan fingerprint density at radius 2 is 0.633 bits per heavy atom. The van der Waals surface area contributed by atoms with Gasteiger partial charge in [0.25, 0.3) is 0 Å². The largest absolute Gasteiger partial charge is 0.457 e. The van der Waals surface area contributed by atoms with Crippen molar-refractivity contribution in [2.45, 2.75) is 155 Å². The first-order valence-electron chi connectivity index (χ1n) is 19.6. The molecule has 0 saturated carbocycles. The van der Waals surface area contributed by atoms with E-state index in [0.717, 1.165) is 0 Å². The Balaban J connectivity index is 2.47. The summed E-state index contributed by atoms with van der Waals surface area (Å²) in [5, 5.41) is 0. The zero-order valence-electron chi connectivity index (χ0n) is 36.4. The summed E-state index contributed by atoms with van der Waals surface area (Å²) in [5.74, 6) is -17.1. The molecule has 2 saturated heterocycles. The maximum atomic E-state index is 13.7. The highest BCUT2D eigenvalue weighted by molar-refractivity contribution is 6.31. The van der Waals surface area contributed by atoms with Crippen LogP contribution in [0.3, 0.4) is 0 Å².